The van der Waals surface area contributed by atoms with Crippen LogP contribution in [0.4, 0.5) is 5.82 Å². The highest BCUT2D eigenvalue weighted by atomic mass is 16.3. The standard InChI is InChI=1S/C23H22N4O2/c1-14-5-7-20(8-6-14)27-21(11-17(4)26-27)25-23(29)19(13-24)12-18-9-15(2)22(28)16(3)10-18/h5-12,28H,1-4H3,(H,25,29)/b19-12+. The summed E-state index contributed by atoms with van der Waals surface area (Å²) in [5, 5.41) is 26.6. The molecule has 1 aromatic heterocycles. The molecule has 3 rings (SSSR count). The zero-order valence-corrected chi connectivity index (χ0v) is 16.8. The van der Waals surface area contributed by atoms with Crippen LogP contribution in [0.1, 0.15) is 27.9 Å². The largest absolute Gasteiger partial charge is 0.507 e. The number of aromatic hydroxyl groups is 1. The maximum atomic E-state index is 12.7. The predicted octanol–water partition coefficient (Wildman–Crippen LogP) is 4.36. The number of hydrogen-bond donors (Lipinski definition) is 2. The highest BCUT2D eigenvalue weighted by Gasteiger charge is 2.15. The van der Waals surface area contributed by atoms with Gasteiger partial charge in [0.2, 0.25) is 0 Å². The van der Waals surface area contributed by atoms with E-state index in [2.05, 4.69) is 10.4 Å². The van der Waals surface area contributed by atoms with Gasteiger partial charge in [-0.15, -0.1) is 0 Å². The number of amides is 1. The third-order valence-electron chi connectivity index (χ3n) is 4.54. The Morgan fingerprint density at radius 2 is 1.72 bits per heavy atom. The van der Waals surface area contributed by atoms with Gasteiger partial charge in [0.25, 0.3) is 5.91 Å². The van der Waals surface area contributed by atoms with Gasteiger partial charge in [-0.1, -0.05) is 17.7 Å². The molecular weight excluding hydrogens is 364 g/mol. The first kappa shape index (κ1) is 19.9. The molecule has 3 aromatic rings. The first-order chi connectivity index (χ1) is 13.8. The number of phenols is 1. The predicted molar refractivity (Wildman–Crippen MR) is 113 cm³/mol. The summed E-state index contributed by atoms with van der Waals surface area (Å²) >= 11 is 0. The Hall–Kier alpha value is -3.85. The summed E-state index contributed by atoms with van der Waals surface area (Å²) in [7, 11) is 0. The number of hydrogen-bond acceptors (Lipinski definition) is 4. The number of carbonyl (C=O) groups excluding carboxylic acids is 1. The van der Waals surface area contributed by atoms with Crippen molar-refractivity contribution in [1.82, 2.24) is 9.78 Å². The smallest absolute Gasteiger partial charge is 0.267 e. The molecule has 0 aliphatic rings. The molecule has 6 nitrogen and oxygen atoms in total. The fraction of sp³-hybridized carbons (Fsp3) is 0.174. The summed E-state index contributed by atoms with van der Waals surface area (Å²) in [5.41, 5.74) is 4.68. The summed E-state index contributed by atoms with van der Waals surface area (Å²) in [6, 6.07) is 14.9. The van der Waals surface area contributed by atoms with Gasteiger partial charge in [0.15, 0.2) is 0 Å². The number of aryl methyl sites for hydroxylation is 4. The van der Waals surface area contributed by atoms with Crippen molar-refractivity contribution in [1.29, 1.82) is 5.26 Å². The fourth-order valence-corrected chi connectivity index (χ4v) is 3.04. The van der Waals surface area contributed by atoms with Crippen LogP contribution in [-0.4, -0.2) is 20.8 Å². The fourth-order valence-electron chi connectivity index (χ4n) is 3.04. The Balaban J connectivity index is 1.91. The van der Waals surface area contributed by atoms with Crippen LogP contribution in [0.5, 0.6) is 5.75 Å². The molecule has 0 fully saturated rings. The van der Waals surface area contributed by atoms with Crippen LogP contribution in [0.25, 0.3) is 11.8 Å². The molecule has 1 amide bonds. The van der Waals surface area contributed by atoms with E-state index < -0.39 is 5.91 Å². The molecular formula is C23H22N4O2. The van der Waals surface area contributed by atoms with E-state index in [-0.39, 0.29) is 11.3 Å². The van der Waals surface area contributed by atoms with Gasteiger partial charge in [-0.05, 0) is 74.7 Å². The first-order valence-corrected chi connectivity index (χ1v) is 9.15. The normalized spacial score (nSPS) is 11.2. The average Bonchev–Trinajstić information content (AvgIpc) is 3.04. The summed E-state index contributed by atoms with van der Waals surface area (Å²) < 4.78 is 1.64. The SMILES string of the molecule is Cc1ccc(-n2nc(C)cc2NC(=O)/C(C#N)=C/c2cc(C)c(O)c(C)c2)cc1. The molecule has 146 valence electrons. The Kier molecular flexibility index (Phi) is 5.51. The highest BCUT2D eigenvalue weighted by Crippen LogP contribution is 2.24. The lowest BCUT2D eigenvalue weighted by Crippen LogP contribution is -2.16. The second-order valence-corrected chi connectivity index (χ2v) is 7.05. The van der Waals surface area contributed by atoms with Gasteiger partial charge in [-0.3, -0.25) is 4.79 Å². The van der Waals surface area contributed by atoms with Crippen molar-refractivity contribution in [3.05, 3.63) is 76.0 Å². The zero-order valence-electron chi connectivity index (χ0n) is 16.8. The maximum absolute atomic E-state index is 12.7. The van der Waals surface area contributed by atoms with Crippen LogP contribution < -0.4 is 5.32 Å². The summed E-state index contributed by atoms with van der Waals surface area (Å²) in [6.07, 6.45) is 1.51. The van der Waals surface area contributed by atoms with Crippen molar-refractivity contribution in [2.24, 2.45) is 0 Å². The number of nitrogens with one attached hydrogen (secondary N) is 1. The molecule has 0 saturated carbocycles. The van der Waals surface area contributed by atoms with Gasteiger partial charge in [0.05, 0.1) is 11.4 Å². The van der Waals surface area contributed by atoms with E-state index in [4.69, 9.17) is 0 Å². The van der Waals surface area contributed by atoms with Gasteiger partial charge in [-0.25, -0.2) is 4.68 Å². The minimum Gasteiger partial charge on any atom is -0.507 e. The third kappa shape index (κ3) is 4.36. The molecule has 29 heavy (non-hydrogen) atoms. The van der Waals surface area contributed by atoms with Crippen molar-refractivity contribution in [3.8, 4) is 17.5 Å². The number of anilines is 1. The summed E-state index contributed by atoms with van der Waals surface area (Å²) in [5.74, 6) is 0.169. The molecule has 0 atom stereocenters. The Bertz CT molecular complexity index is 1130. The van der Waals surface area contributed by atoms with E-state index >= 15 is 0 Å². The number of nitrogens with zero attached hydrogens (tertiary/aromatic N) is 3. The number of nitriles is 1. The number of rotatable bonds is 4. The Morgan fingerprint density at radius 3 is 2.31 bits per heavy atom. The highest BCUT2D eigenvalue weighted by molar-refractivity contribution is 6.09. The number of carbonyl (C=O) groups is 1. The number of phenolic OH excluding ortho intramolecular Hbond substituents is 1. The number of aromatic nitrogens is 2. The van der Waals surface area contributed by atoms with Crippen molar-refractivity contribution in [3.63, 3.8) is 0 Å². The molecule has 0 saturated heterocycles. The summed E-state index contributed by atoms with van der Waals surface area (Å²) in [4.78, 5) is 12.7. The number of benzene rings is 2. The van der Waals surface area contributed by atoms with Gasteiger partial charge in [-0.2, -0.15) is 10.4 Å². The van der Waals surface area contributed by atoms with Crippen LogP contribution in [0.15, 0.2) is 48.0 Å². The minimum absolute atomic E-state index is 0.0381. The minimum atomic E-state index is -0.524. The van der Waals surface area contributed by atoms with E-state index in [1.165, 1.54) is 6.08 Å². The van der Waals surface area contributed by atoms with Crippen LogP contribution in [0, 0.1) is 39.0 Å². The second-order valence-electron chi connectivity index (χ2n) is 7.05. The van der Waals surface area contributed by atoms with Gasteiger partial charge < -0.3 is 10.4 Å². The van der Waals surface area contributed by atoms with Crippen molar-refractivity contribution in [2.75, 3.05) is 5.32 Å². The van der Waals surface area contributed by atoms with Crippen LogP contribution >= 0.6 is 0 Å². The lowest BCUT2D eigenvalue weighted by molar-refractivity contribution is -0.112. The van der Waals surface area contributed by atoms with Gasteiger partial charge >= 0.3 is 0 Å². The van der Waals surface area contributed by atoms with Gasteiger partial charge in [0.1, 0.15) is 23.2 Å². The second kappa shape index (κ2) is 8.03. The molecule has 0 bridgehead atoms. The van der Waals surface area contributed by atoms with Crippen LogP contribution in [0.3, 0.4) is 0 Å². The molecule has 0 spiro atoms. The molecule has 0 unspecified atom stereocenters. The molecule has 0 aliphatic carbocycles. The molecule has 0 radical (unpaired) electrons. The molecule has 0 aliphatic heterocycles. The molecule has 1 heterocycles. The first-order valence-electron chi connectivity index (χ1n) is 9.15. The van der Waals surface area contributed by atoms with E-state index in [1.807, 2.05) is 44.2 Å². The summed E-state index contributed by atoms with van der Waals surface area (Å²) in [6.45, 7) is 7.38. The van der Waals surface area contributed by atoms with Crippen molar-refractivity contribution in [2.45, 2.75) is 27.7 Å². The van der Waals surface area contributed by atoms with E-state index in [9.17, 15) is 15.2 Å². The molecule has 2 N–H and O–H groups in total. The van der Waals surface area contributed by atoms with Crippen LogP contribution in [-0.2, 0) is 4.79 Å². The topological polar surface area (TPSA) is 90.9 Å². The Labute approximate surface area is 169 Å². The van der Waals surface area contributed by atoms with E-state index in [0.29, 0.717) is 22.5 Å². The monoisotopic (exact) mass is 386 g/mol. The van der Waals surface area contributed by atoms with Gasteiger partial charge in [0, 0.05) is 6.07 Å². The average molecular weight is 386 g/mol. The van der Waals surface area contributed by atoms with Crippen molar-refractivity contribution < 1.29 is 9.90 Å². The molecule has 6 heteroatoms. The van der Waals surface area contributed by atoms with E-state index in [0.717, 1.165) is 16.9 Å². The zero-order chi connectivity index (χ0) is 21.1. The van der Waals surface area contributed by atoms with E-state index in [1.54, 1.807) is 36.7 Å². The third-order valence-corrected chi connectivity index (χ3v) is 4.54. The lowest BCUT2D eigenvalue weighted by atomic mass is 10.0. The quantitative estimate of drug-likeness (QED) is 0.515. The maximum Gasteiger partial charge on any atom is 0.267 e. The molecule has 2 aromatic carbocycles. The lowest BCUT2D eigenvalue weighted by Gasteiger charge is -2.09. The Morgan fingerprint density at radius 1 is 1.10 bits per heavy atom. The van der Waals surface area contributed by atoms with Crippen molar-refractivity contribution >= 4 is 17.8 Å². The van der Waals surface area contributed by atoms with Crippen LogP contribution in [0.2, 0.25) is 0 Å².